The van der Waals surface area contributed by atoms with E-state index in [0.717, 1.165) is 62.5 Å². The average molecular weight is 766 g/mol. The topological polar surface area (TPSA) is 146 Å². The second kappa shape index (κ2) is 14.9. The van der Waals surface area contributed by atoms with Gasteiger partial charge < -0.3 is 40.0 Å². The van der Waals surface area contributed by atoms with Crippen LogP contribution in [-0.2, 0) is 19.1 Å². The zero-order chi connectivity index (χ0) is 39.0. The van der Waals surface area contributed by atoms with Crippen LogP contribution in [0.25, 0.3) is 0 Å². The Balaban J connectivity index is 1.21. The van der Waals surface area contributed by atoms with Crippen molar-refractivity contribution < 1.29 is 39.5 Å². The minimum atomic E-state index is -1.65. The number of fused-ring (bicyclic) bond motifs is 8. The van der Waals surface area contributed by atoms with Crippen molar-refractivity contribution in [3.05, 3.63) is 23.3 Å². The summed E-state index contributed by atoms with van der Waals surface area (Å²) in [4.78, 5) is 27.3. The van der Waals surface area contributed by atoms with Crippen LogP contribution in [0.4, 0.5) is 0 Å². The highest BCUT2D eigenvalue weighted by Crippen LogP contribution is 2.76. The predicted octanol–water partition coefficient (Wildman–Crippen LogP) is 6.06. The third-order valence-electron chi connectivity index (χ3n) is 18.1. The summed E-state index contributed by atoms with van der Waals surface area (Å²) in [5.74, 6) is -0.977. The maximum Gasteiger partial charge on any atom is 0.331 e. The number of allylic oxidation sites excluding steroid dienone is 1. The Kier molecular flexibility index (Phi) is 10.9. The maximum atomic E-state index is 14.3. The summed E-state index contributed by atoms with van der Waals surface area (Å²) in [5, 5.41) is 56.9. The lowest BCUT2D eigenvalue weighted by Gasteiger charge is -2.72. The molecule has 8 aliphatic rings. The normalized spacial score (nSPS) is 48.0. The number of rotatable bonds is 13. The molecule has 1 heterocycles. The van der Waals surface area contributed by atoms with Gasteiger partial charge in [0.2, 0.25) is 0 Å². The van der Waals surface area contributed by atoms with Gasteiger partial charge in [0.15, 0.2) is 0 Å². The molecule has 0 aromatic rings. The molecule has 55 heavy (non-hydrogen) atoms. The number of hydrogen-bond acceptors (Lipinski definition) is 9. The van der Waals surface area contributed by atoms with Crippen molar-refractivity contribution in [2.24, 2.45) is 64.1 Å². The van der Waals surface area contributed by atoms with Gasteiger partial charge in [-0.3, -0.25) is 0 Å². The number of carbonyl (C=O) groups is 2. The molecular formula is C46H71NO8. The molecule has 5 N–H and O–H groups in total. The van der Waals surface area contributed by atoms with Crippen LogP contribution < -0.4 is 5.32 Å². The number of nitrogens with one attached hydrogen (secondary N) is 1. The third kappa shape index (κ3) is 5.80. The number of aldehydes is 1. The van der Waals surface area contributed by atoms with E-state index in [-0.39, 0.29) is 30.1 Å². The molecule has 0 radical (unpaired) electrons. The Morgan fingerprint density at radius 3 is 2.55 bits per heavy atom. The highest BCUT2D eigenvalue weighted by Gasteiger charge is 2.82. The second-order valence-electron chi connectivity index (χ2n) is 20.3. The molecule has 0 saturated heterocycles. The van der Waals surface area contributed by atoms with Crippen molar-refractivity contribution in [1.29, 1.82) is 0 Å². The van der Waals surface area contributed by atoms with Crippen molar-refractivity contribution in [2.45, 2.75) is 159 Å². The molecule has 6 saturated carbocycles. The first kappa shape index (κ1) is 40.2. The molecule has 9 nitrogen and oxygen atoms in total. The molecule has 0 aromatic heterocycles. The van der Waals surface area contributed by atoms with Gasteiger partial charge in [0.05, 0.1) is 22.7 Å². The molecule has 0 spiro atoms. The fourth-order valence-electron chi connectivity index (χ4n) is 15.6. The first-order chi connectivity index (χ1) is 26.3. The van der Waals surface area contributed by atoms with Crippen LogP contribution in [0.2, 0.25) is 0 Å². The van der Waals surface area contributed by atoms with E-state index in [4.69, 9.17) is 9.47 Å². The van der Waals surface area contributed by atoms with Gasteiger partial charge in [-0.25, -0.2) is 4.79 Å². The zero-order valence-corrected chi connectivity index (χ0v) is 34.1. The zero-order valence-electron chi connectivity index (χ0n) is 34.1. The second-order valence-corrected chi connectivity index (χ2v) is 20.3. The average Bonchev–Trinajstić information content (AvgIpc) is 3.86. The molecule has 308 valence electrons. The Morgan fingerprint density at radius 2 is 1.82 bits per heavy atom. The van der Waals surface area contributed by atoms with Crippen LogP contribution in [0.5, 0.6) is 0 Å². The van der Waals surface area contributed by atoms with Gasteiger partial charge >= 0.3 is 5.97 Å². The number of carbonyl (C=O) groups excluding carboxylic acids is 2. The first-order valence-corrected chi connectivity index (χ1v) is 22.5. The number of esters is 1. The SMILES string of the molecule is CCCCC[C@@H]1C[C@]2(C=O)[C@H]3CC[C@]4(C)[C@H]5C6=CC(=O)O[C@H]6C(CNCCCOC)=C[C@@H]5C[C@]4(O)[C@]3(O)C[C@@H]3C[C@@H]([C@@H](C)C4CCCC4)CC[C@H]([C@H]1O)[C@@]32O. The molecule has 0 unspecified atom stereocenters. The highest BCUT2D eigenvalue weighted by atomic mass is 16.5. The molecule has 0 aromatic carbocycles. The maximum absolute atomic E-state index is 14.3. The van der Waals surface area contributed by atoms with E-state index < -0.39 is 57.6 Å². The van der Waals surface area contributed by atoms with E-state index in [1.54, 1.807) is 13.2 Å². The highest BCUT2D eigenvalue weighted by molar-refractivity contribution is 5.87. The van der Waals surface area contributed by atoms with Crippen LogP contribution in [0.3, 0.4) is 0 Å². The van der Waals surface area contributed by atoms with Gasteiger partial charge in [-0.15, -0.1) is 0 Å². The summed E-state index contributed by atoms with van der Waals surface area (Å²) >= 11 is 0. The van der Waals surface area contributed by atoms with E-state index in [1.165, 1.54) is 25.7 Å². The van der Waals surface area contributed by atoms with E-state index in [1.807, 2.05) is 0 Å². The largest absolute Gasteiger partial charge is 0.450 e. The number of ether oxygens (including phenoxy) is 2. The summed E-state index contributed by atoms with van der Waals surface area (Å²) in [7, 11) is 1.69. The lowest BCUT2D eigenvalue weighted by atomic mass is 9.35. The van der Waals surface area contributed by atoms with Crippen molar-refractivity contribution >= 4 is 12.3 Å². The Morgan fingerprint density at radius 1 is 1.04 bits per heavy atom. The van der Waals surface area contributed by atoms with Gasteiger partial charge in [-0.05, 0) is 123 Å². The molecule has 8 rings (SSSR count). The molecular weight excluding hydrogens is 695 g/mol. The monoisotopic (exact) mass is 766 g/mol. The van der Waals surface area contributed by atoms with Gasteiger partial charge in [-0.2, -0.15) is 0 Å². The number of methoxy groups -OCH3 is 1. The molecule has 15 atom stereocenters. The Labute approximate surface area is 329 Å². The smallest absolute Gasteiger partial charge is 0.331 e. The van der Waals surface area contributed by atoms with Crippen molar-refractivity contribution in [3.63, 3.8) is 0 Å². The summed E-state index contributed by atoms with van der Waals surface area (Å²) < 4.78 is 11.2. The van der Waals surface area contributed by atoms with E-state index >= 15 is 0 Å². The van der Waals surface area contributed by atoms with Gasteiger partial charge in [0, 0.05) is 43.6 Å². The lowest BCUT2D eigenvalue weighted by Crippen LogP contribution is -2.81. The molecule has 0 amide bonds. The Hall–Kier alpha value is -1.62. The molecule has 6 fully saturated rings. The lowest BCUT2D eigenvalue weighted by molar-refractivity contribution is -0.346. The predicted molar refractivity (Wildman–Crippen MR) is 209 cm³/mol. The van der Waals surface area contributed by atoms with Crippen LogP contribution in [0.1, 0.15) is 130 Å². The fourth-order valence-corrected chi connectivity index (χ4v) is 15.6. The number of unbranched alkanes of at least 4 members (excludes halogenated alkanes) is 2. The van der Waals surface area contributed by atoms with Crippen LogP contribution >= 0.6 is 0 Å². The van der Waals surface area contributed by atoms with Gasteiger partial charge in [0.1, 0.15) is 18.0 Å². The van der Waals surface area contributed by atoms with Crippen LogP contribution in [-0.4, -0.2) is 88.5 Å². The summed E-state index contributed by atoms with van der Waals surface area (Å²) in [5.41, 5.74) is -4.88. The summed E-state index contributed by atoms with van der Waals surface area (Å²) in [6.45, 7) is 8.64. The van der Waals surface area contributed by atoms with Gasteiger partial charge in [-0.1, -0.05) is 71.8 Å². The number of hydrogen-bond donors (Lipinski definition) is 5. The van der Waals surface area contributed by atoms with Crippen molar-refractivity contribution in [2.75, 3.05) is 26.8 Å². The minimum absolute atomic E-state index is 0.120. The van der Waals surface area contributed by atoms with E-state index in [2.05, 4.69) is 32.2 Å². The fraction of sp³-hybridized carbons (Fsp3) is 0.870. The third-order valence-corrected chi connectivity index (χ3v) is 18.1. The Bertz CT molecular complexity index is 1520. The molecule has 9 heteroatoms. The molecule has 1 aliphatic heterocycles. The standard InChI is InChI=1S/C46H71NO8/c1-5-6-7-13-31-23-43(27-48)37-16-17-42(3)39-32(20-33(26-47-18-10-19-54-4)41-35(39)22-38(49)55-41)24-45(42,52)44(37,51)25-34-21-30(28(2)29-11-8-9-12-29)14-15-36(40(31)50)46(34,43)53/h20,22,27-32,34,36-37,39-41,47,50-53H,5-19,21,23-26H2,1-4H3/t28-,30-,31+,32+,34-,36+,37+,39+,40-,41-,42+,43-,44-,45+,46-/m0/s1. The summed E-state index contributed by atoms with van der Waals surface area (Å²) in [6.07, 6.45) is 17.6. The first-order valence-electron chi connectivity index (χ1n) is 22.5. The quantitative estimate of drug-likeness (QED) is 0.0654. The van der Waals surface area contributed by atoms with E-state index in [9.17, 15) is 30.0 Å². The number of aliphatic hydroxyl groups is 4. The van der Waals surface area contributed by atoms with Crippen molar-refractivity contribution in [3.8, 4) is 0 Å². The molecule has 0 bridgehead atoms. The van der Waals surface area contributed by atoms with Crippen LogP contribution in [0, 0.1) is 64.1 Å². The minimum Gasteiger partial charge on any atom is -0.450 e. The van der Waals surface area contributed by atoms with E-state index in [0.29, 0.717) is 69.4 Å². The van der Waals surface area contributed by atoms with Crippen molar-refractivity contribution in [1.82, 2.24) is 5.32 Å². The van der Waals surface area contributed by atoms with Crippen LogP contribution in [0.15, 0.2) is 23.3 Å². The molecule has 7 aliphatic carbocycles. The summed E-state index contributed by atoms with van der Waals surface area (Å²) in [6, 6.07) is 0. The van der Waals surface area contributed by atoms with Gasteiger partial charge in [0.25, 0.3) is 0 Å². The number of aliphatic hydroxyl groups excluding tert-OH is 1.